The lowest BCUT2D eigenvalue weighted by atomic mass is 9.48. The molecule has 4 saturated carbocycles. The first-order valence-electron chi connectivity index (χ1n) is 8.87. The number of aromatic nitrogens is 1. The van der Waals surface area contributed by atoms with E-state index in [4.69, 9.17) is 0 Å². The number of nitrogens with one attached hydrogen (secondary N) is 1. The Hall–Kier alpha value is -0.550. The van der Waals surface area contributed by atoms with E-state index in [2.05, 4.69) is 17.2 Å². The predicted molar refractivity (Wildman–Crippen MR) is 95.8 cm³/mol. The highest BCUT2D eigenvalue weighted by Gasteiger charge is 2.53. The number of hydrogen-bond acceptors (Lipinski definition) is 4. The first-order chi connectivity index (χ1) is 11.0. The molecule has 0 unspecified atom stereocenters. The molecule has 0 saturated heterocycles. The normalized spacial score (nSPS) is 36.2. The third-order valence-electron chi connectivity index (χ3n) is 6.31. The molecule has 3 nitrogen and oxygen atoms in total. The maximum absolute atomic E-state index is 12.4. The summed E-state index contributed by atoms with van der Waals surface area (Å²) in [4.78, 5) is 16.8. The Morgan fingerprint density at radius 2 is 1.96 bits per heavy atom. The van der Waals surface area contributed by atoms with Gasteiger partial charge in [0.25, 0.3) is 0 Å². The maximum atomic E-state index is 12.4. The fourth-order valence-corrected chi connectivity index (χ4v) is 7.33. The molecule has 4 bridgehead atoms. The van der Waals surface area contributed by atoms with Gasteiger partial charge in [0.1, 0.15) is 0 Å². The number of thioether (sulfide) groups is 1. The number of amides is 1. The monoisotopic (exact) mass is 350 g/mol. The largest absolute Gasteiger partial charge is 0.352 e. The molecule has 0 aliphatic heterocycles. The minimum Gasteiger partial charge on any atom is -0.352 e. The fraction of sp³-hybridized carbons (Fsp3) is 0.778. The SMILES string of the molecule is Cc1csc(SCC(=O)N[C@@H](C)C23CC4CC(CC(C4)C2)C3)n1. The van der Waals surface area contributed by atoms with E-state index in [0.717, 1.165) is 27.8 Å². The molecule has 5 heteroatoms. The molecule has 23 heavy (non-hydrogen) atoms. The number of aryl methyl sites for hydroxylation is 1. The molecule has 4 aliphatic carbocycles. The quantitative estimate of drug-likeness (QED) is 0.807. The van der Waals surface area contributed by atoms with E-state index in [1.807, 2.05) is 12.3 Å². The maximum Gasteiger partial charge on any atom is 0.230 e. The molecule has 0 radical (unpaired) electrons. The Bertz CT molecular complexity index is 562. The van der Waals surface area contributed by atoms with Crippen LogP contribution >= 0.6 is 23.1 Å². The standard InChI is InChI=1S/C18H26N2OS2/c1-11-9-22-17(19-11)23-10-16(21)20-12(2)18-6-13-3-14(7-18)5-15(4-13)8-18/h9,12-15H,3-8,10H2,1-2H3,(H,20,21)/t12-,13?,14?,15?,18?/m0/s1. The van der Waals surface area contributed by atoms with Gasteiger partial charge in [-0.05, 0) is 75.5 Å². The van der Waals surface area contributed by atoms with Crippen molar-refractivity contribution in [1.29, 1.82) is 0 Å². The highest BCUT2D eigenvalue weighted by molar-refractivity contribution is 8.01. The summed E-state index contributed by atoms with van der Waals surface area (Å²) in [6.07, 6.45) is 8.41. The number of carbonyl (C=O) groups excluding carboxylic acids is 1. The number of nitrogens with zero attached hydrogens (tertiary/aromatic N) is 1. The highest BCUT2D eigenvalue weighted by atomic mass is 32.2. The molecule has 5 rings (SSSR count). The van der Waals surface area contributed by atoms with Crippen molar-refractivity contribution in [1.82, 2.24) is 10.3 Å². The van der Waals surface area contributed by atoms with Gasteiger partial charge in [-0.25, -0.2) is 4.98 Å². The zero-order chi connectivity index (χ0) is 16.0. The molecule has 1 aromatic heterocycles. The second-order valence-electron chi connectivity index (χ2n) is 8.11. The summed E-state index contributed by atoms with van der Waals surface area (Å²) >= 11 is 3.19. The number of hydrogen-bond donors (Lipinski definition) is 1. The smallest absolute Gasteiger partial charge is 0.230 e. The second-order valence-corrected chi connectivity index (χ2v) is 10.2. The van der Waals surface area contributed by atoms with Gasteiger partial charge in [-0.15, -0.1) is 11.3 Å². The van der Waals surface area contributed by atoms with Crippen LogP contribution in [-0.4, -0.2) is 22.7 Å². The number of thiazole rings is 1. The topological polar surface area (TPSA) is 42.0 Å². The van der Waals surface area contributed by atoms with Gasteiger partial charge in [-0.1, -0.05) is 11.8 Å². The van der Waals surface area contributed by atoms with Gasteiger partial charge >= 0.3 is 0 Å². The van der Waals surface area contributed by atoms with Gasteiger partial charge in [0.05, 0.1) is 5.75 Å². The lowest BCUT2D eigenvalue weighted by Crippen LogP contribution is -2.56. The average Bonchev–Trinajstić information content (AvgIpc) is 2.89. The van der Waals surface area contributed by atoms with Crippen LogP contribution in [0.5, 0.6) is 0 Å². The van der Waals surface area contributed by atoms with Crippen LogP contribution < -0.4 is 5.32 Å². The minimum atomic E-state index is 0.172. The van der Waals surface area contributed by atoms with Crippen molar-refractivity contribution in [3.05, 3.63) is 11.1 Å². The first-order valence-corrected chi connectivity index (χ1v) is 10.7. The van der Waals surface area contributed by atoms with Crippen LogP contribution in [0.15, 0.2) is 9.72 Å². The summed E-state index contributed by atoms with van der Waals surface area (Å²) < 4.78 is 1.00. The summed E-state index contributed by atoms with van der Waals surface area (Å²) in [7, 11) is 0. The molecule has 1 aromatic rings. The molecule has 1 N–H and O–H groups in total. The van der Waals surface area contributed by atoms with Crippen molar-refractivity contribution in [3.8, 4) is 0 Å². The van der Waals surface area contributed by atoms with Crippen molar-refractivity contribution >= 4 is 29.0 Å². The Morgan fingerprint density at radius 3 is 2.48 bits per heavy atom. The third kappa shape index (κ3) is 3.19. The van der Waals surface area contributed by atoms with Crippen LogP contribution in [0.4, 0.5) is 0 Å². The molecule has 1 heterocycles. The van der Waals surface area contributed by atoms with Crippen molar-refractivity contribution in [2.24, 2.45) is 23.2 Å². The van der Waals surface area contributed by atoms with Crippen molar-refractivity contribution in [2.75, 3.05) is 5.75 Å². The van der Waals surface area contributed by atoms with E-state index in [1.165, 1.54) is 38.5 Å². The first kappa shape index (κ1) is 15.9. The predicted octanol–water partition coefficient (Wildman–Crippen LogP) is 4.26. The van der Waals surface area contributed by atoms with Gasteiger partial charge in [-0.3, -0.25) is 4.79 Å². The van der Waals surface area contributed by atoms with Crippen molar-refractivity contribution < 1.29 is 4.79 Å². The lowest BCUT2D eigenvalue weighted by molar-refractivity contribution is -0.123. The third-order valence-corrected chi connectivity index (χ3v) is 8.45. The Labute approximate surface area is 147 Å². The second kappa shape index (κ2) is 6.07. The van der Waals surface area contributed by atoms with Crippen LogP contribution in [0, 0.1) is 30.1 Å². The zero-order valence-corrected chi connectivity index (χ0v) is 15.6. The summed E-state index contributed by atoms with van der Waals surface area (Å²) in [5, 5.41) is 5.37. The van der Waals surface area contributed by atoms with E-state index >= 15 is 0 Å². The molecule has 1 atom stereocenters. The molecule has 4 fully saturated rings. The van der Waals surface area contributed by atoms with Crippen molar-refractivity contribution in [2.45, 2.75) is 62.8 Å². The summed E-state index contributed by atoms with van der Waals surface area (Å²) in [5.74, 6) is 3.48. The van der Waals surface area contributed by atoms with Crippen LogP contribution in [0.1, 0.15) is 51.1 Å². The minimum absolute atomic E-state index is 0.172. The molecular formula is C18H26N2OS2. The van der Waals surface area contributed by atoms with Gasteiger partial charge < -0.3 is 5.32 Å². The Morgan fingerprint density at radius 1 is 1.35 bits per heavy atom. The van der Waals surface area contributed by atoms with Crippen molar-refractivity contribution in [3.63, 3.8) is 0 Å². The van der Waals surface area contributed by atoms with Crippen LogP contribution in [0.3, 0.4) is 0 Å². The Kier molecular flexibility index (Phi) is 4.21. The zero-order valence-electron chi connectivity index (χ0n) is 14.0. The van der Waals surface area contributed by atoms with Crippen LogP contribution in [0.2, 0.25) is 0 Å². The molecule has 0 spiro atoms. The highest BCUT2D eigenvalue weighted by Crippen LogP contribution is 2.61. The van der Waals surface area contributed by atoms with Crippen LogP contribution in [-0.2, 0) is 4.79 Å². The number of rotatable bonds is 5. The molecule has 126 valence electrons. The van der Waals surface area contributed by atoms with E-state index in [9.17, 15) is 4.79 Å². The summed E-state index contributed by atoms with van der Waals surface area (Å²) in [6, 6.07) is 0.321. The van der Waals surface area contributed by atoms with E-state index in [-0.39, 0.29) is 5.91 Å². The molecule has 4 aliphatic rings. The van der Waals surface area contributed by atoms with E-state index in [1.54, 1.807) is 23.1 Å². The molecule has 0 aromatic carbocycles. The van der Waals surface area contributed by atoms with Gasteiger partial charge in [0.15, 0.2) is 4.34 Å². The van der Waals surface area contributed by atoms with E-state index in [0.29, 0.717) is 17.2 Å². The fourth-order valence-electron chi connectivity index (χ4n) is 5.67. The van der Waals surface area contributed by atoms with Gasteiger partial charge in [0.2, 0.25) is 5.91 Å². The summed E-state index contributed by atoms with van der Waals surface area (Å²) in [5.41, 5.74) is 1.44. The number of carbonyl (C=O) groups is 1. The Balaban J connectivity index is 1.34. The average molecular weight is 351 g/mol. The lowest BCUT2D eigenvalue weighted by Gasteiger charge is -2.59. The van der Waals surface area contributed by atoms with E-state index < -0.39 is 0 Å². The molecular weight excluding hydrogens is 324 g/mol. The van der Waals surface area contributed by atoms with Crippen LogP contribution in [0.25, 0.3) is 0 Å². The summed E-state index contributed by atoms with van der Waals surface area (Å²) in [6.45, 7) is 4.25. The van der Waals surface area contributed by atoms with Gasteiger partial charge in [0, 0.05) is 17.1 Å². The molecule has 1 amide bonds. The van der Waals surface area contributed by atoms with Gasteiger partial charge in [-0.2, -0.15) is 0 Å².